The topological polar surface area (TPSA) is 161 Å². The molecule has 1 amide bonds. The summed E-state index contributed by atoms with van der Waals surface area (Å²) in [4.78, 5) is 26.4. The van der Waals surface area contributed by atoms with E-state index in [9.17, 15) is 15.3 Å². The fraction of sp³-hybridized carbons (Fsp3) is 0.424. The van der Waals surface area contributed by atoms with Crippen LogP contribution < -0.4 is 10.1 Å². The summed E-state index contributed by atoms with van der Waals surface area (Å²) in [5, 5.41) is 27.4. The molecule has 4 rings (SSSR count). The van der Waals surface area contributed by atoms with Crippen molar-refractivity contribution < 1.29 is 18.7 Å². The molecule has 0 aliphatic rings. The van der Waals surface area contributed by atoms with E-state index in [0.717, 1.165) is 0 Å². The maximum absolute atomic E-state index is 13.6. The molecule has 246 valence electrons. The normalized spacial score (nSPS) is 13.0. The summed E-state index contributed by atoms with van der Waals surface area (Å²) in [6.45, 7) is 15.5. The molecular formula is C33H39ClN8O4Si. The zero-order valence-corrected chi connectivity index (χ0v) is 29.3. The highest BCUT2D eigenvalue weighted by Gasteiger charge is 2.45. The number of nitriles is 2. The summed E-state index contributed by atoms with van der Waals surface area (Å²) in [6, 6.07) is 12.2. The molecule has 0 bridgehead atoms. The van der Waals surface area contributed by atoms with Crippen LogP contribution in [0.3, 0.4) is 0 Å². The van der Waals surface area contributed by atoms with Gasteiger partial charge in [-0.25, -0.2) is 19.6 Å². The van der Waals surface area contributed by atoms with Crippen LogP contribution in [0.25, 0.3) is 16.7 Å². The standard InChI is InChI=1S/C33H39ClN8O4Si/c1-20(2)47(21(3)4,22(5)6)45-17-23(7)44-18-28(32(43)41-29-12-11-26(34)15-37-29)46-33-27-16-40-42(31(27)38-19-39-33)30-24(13-35)9-8-10-25(30)14-36/h8-12,15-16,19-23,28H,17-18H2,1-7H3,(H,37,41,43)/t23-,28+/m1/s1. The second-order valence-corrected chi connectivity index (χ2v) is 18.0. The third-order valence-corrected chi connectivity index (χ3v) is 14.5. The predicted molar refractivity (Wildman–Crippen MR) is 181 cm³/mol. The molecule has 47 heavy (non-hydrogen) atoms. The third kappa shape index (κ3) is 7.77. The molecule has 0 fully saturated rings. The highest BCUT2D eigenvalue weighted by Crippen LogP contribution is 2.42. The van der Waals surface area contributed by atoms with E-state index in [2.05, 4.69) is 79.0 Å². The molecule has 2 atom stereocenters. The molecule has 0 aliphatic heterocycles. The van der Waals surface area contributed by atoms with Crippen molar-refractivity contribution in [3.05, 3.63) is 65.2 Å². The van der Waals surface area contributed by atoms with E-state index in [4.69, 9.17) is 25.5 Å². The zero-order valence-electron chi connectivity index (χ0n) is 27.6. The van der Waals surface area contributed by atoms with Gasteiger partial charge in [0.25, 0.3) is 5.91 Å². The van der Waals surface area contributed by atoms with E-state index in [-0.39, 0.29) is 46.9 Å². The quantitative estimate of drug-likeness (QED) is 0.144. The van der Waals surface area contributed by atoms with Crippen LogP contribution in [0, 0.1) is 22.7 Å². The minimum Gasteiger partial charge on any atom is -0.461 e. The zero-order chi connectivity index (χ0) is 34.3. The fourth-order valence-electron chi connectivity index (χ4n) is 6.05. The minimum atomic E-state index is -2.13. The van der Waals surface area contributed by atoms with Gasteiger partial charge in [0, 0.05) is 6.20 Å². The lowest BCUT2D eigenvalue weighted by atomic mass is 10.1. The van der Waals surface area contributed by atoms with Gasteiger partial charge in [-0.3, -0.25) is 4.79 Å². The maximum Gasteiger partial charge on any atom is 0.269 e. The fourth-order valence-corrected chi connectivity index (χ4v) is 11.7. The van der Waals surface area contributed by atoms with Gasteiger partial charge >= 0.3 is 0 Å². The van der Waals surface area contributed by atoms with Crippen LogP contribution in [-0.2, 0) is 14.0 Å². The molecule has 14 heteroatoms. The highest BCUT2D eigenvalue weighted by atomic mass is 35.5. The molecule has 3 heterocycles. The average molecular weight is 675 g/mol. The van der Waals surface area contributed by atoms with Crippen molar-refractivity contribution in [3.63, 3.8) is 0 Å². The molecule has 0 aliphatic carbocycles. The van der Waals surface area contributed by atoms with Crippen LogP contribution in [0.15, 0.2) is 49.1 Å². The molecule has 0 saturated carbocycles. The van der Waals surface area contributed by atoms with Crippen LogP contribution >= 0.6 is 11.6 Å². The van der Waals surface area contributed by atoms with E-state index < -0.39 is 20.3 Å². The molecule has 1 aromatic carbocycles. The number of carbonyl (C=O) groups excluding carboxylic acids is 1. The van der Waals surface area contributed by atoms with Gasteiger partial charge in [0.1, 0.15) is 35.4 Å². The average Bonchev–Trinajstić information content (AvgIpc) is 3.47. The first kappa shape index (κ1) is 35.5. The second-order valence-electron chi connectivity index (χ2n) is 12.1. The molecule has 12 nitrogen and oxygen atoms in total. The van der Waals surface area contributed by atoms with Gasteiger partial charge in [0.2, 0.25) is 12.0 Å². The van der Waals surface area contributed by atoms with Gasteiger partial charge in [0.15, 0.2) is 14.0 Å². The summed E-state index contributed by atoms with van der Waals surface area (Å²) < 4.78 is 20.5. The SMILES string of the molecule is CC(C)[Si](OC[C@@H](C)OC[C@H](Oc1ncnc2c1cnn2-c1c(C#N)cccc1C#N)C(=O)Nc1ccc(Cl)cn1)(C(C)C)C(C)C. The van der Waals surface area contributed by atoms with Crippen molar-refractivity contribution in [3.8, 4) is 23.7 Å². The van der Waals surface area contributed by atoms with Crippen molar-refractivity contribution in [2.45, 2.75) is 77.3 Å². The molecular weight excluding hydrogens is 636 g/mol. The summed E-state index contributed by atoms with van der Waals surface area (Å²) in [6.07, 6.45) is 2.64. The Morgan fingerprint density at radius 3 is 2.17 bits per heavy atom. The number of pyridine rings is 1. The molecule has 0 radical (unpaired) electrons. The van der Waals surface area contributed by atoms with E-state index in [1.54, 1.807) is 30.3 Å². The lowest BCUT2D eigenvalue weighted by Crippen LogP contribution is -2.49. The number of anilines is 1. The van der Waals surface area contributed by atoms with Gasteiger partial charge in [-0.2, -0.15) is 15.6 Å². The Bertz CT molecular complexity index is 1730. The summed E-state index contributed by atoms with van der Waals surface area (Å²) in [5.41, 5.74) is 2.28. The van der Waals surface area contributed by atoms with Crippen LogP contribution in [0.5, 0.6) is 5.88 Å². The number of nitrogens with one attached hydrogen (secondary N) is 1. The number of fused-ring (bicyclic) bond motifs is 1. The van der Waals surface area contributed by atoms with Crippen molar-refractivity contribution in [2.75, 3.05) is 18.5 Å². The largest absolute Gasteiger partial charge is 0.461 e. The maximum atomic E-state index is 13.6. The first-order valence-electron chi connectivity index (χ1n) is 15.4. The Labute approximate surface area is 280 Å². The number of hydrogen-bond acceptors (Lipinski definition) is 10. The third-order valence-electron chi connectivity index (χ3n) is 8.15. The van der Waals surface area contributed by atoms with Crippen LogP contribution in [-0.4, -0.2) is 64.4 Å². The Morgan fingerprint density at radius 1 is 0.936 bits per heavy atom. The number of ether oxygens (including phenoxy) is 2. The smallest absolute Gasteiger partial charge is 0.269 e. The Morgan fingerprint density at radius 2 is 1.60 bits per heavy atom. The number of carbonyl (C=O) groups is 1. The van der Waals surface area contributed by atoms with Crippen LogP contribution in [0.4, 0.5) is 5.82 Å². The monoisotopic (exact) mass is 674 g/mol. The lowest BCUT2D eigenvalue weighted by molar-refractivity contribution is -0.127. The minimum absolute atomic E-state index is 0.0664. The number of benzene rings is 1. The molecule has 0 spiro atoms. The Hall–Kier alpha value is -4.40. The van der Waals surface area contributed by atoms with Crippen LogP contribution in [0.2, 0.25) is 21.6 Å². The van der Waals surface area contributed by atoms with Gasteiger partial charge < -0.3 is 19.2 Å². The number of amides is 1. The summed E-state index contributed by atoms with van der Waals surface area (Å²) >= 11 is 5.98. The molecule has 3 aromatic heterocycles. The predicted octanol–water partition coefficient (Wildman–Crippen LogP) is 6.59. The van der Waals surface area contributed by atoms with Crippen molar-refractivity contribution in [1.82, 2.24) is 24.7 Å². The first-order chi connectivity index (χ1) is 22.4. The van der Waals surface area contributed by atoms with Crippen LogP contribution in [0.1, 0.15) is 59.6 Å². The highest BCUT2D eigenvalue weighted by molar-refractivity contribution is 6.77. The van der Waals surface area contributed by atoms with E-state index in [0.29, 0.717) is 33.6 Å². The summed E-state index contributed by atoms with van der Waals surface area (Å²) in [5.74, 6) is -0.176. The molecule has 4 aromatic rings. The lowest BCUT2D eigenvalue weighted by Gasteiger charge is -2.42. The van der Waals surface area contributed by atoms with Crippen molar-refractivity contribution >= 4 is 42.7 Å². The first-order valence-corrected chi connectivity index (χ1v) is 17.9. The number of para-hydroxylation sites is 1. The van der Waals surface area contributed by atoms with E-state index in [1.165, 1.54) is 23.4 Å². The number of rotatable bonds is 14. The van der Waals surface area contributed by atoms with Gasteiger partial charge in [-0.05, 0) is 47.8 Å². The van der Waals surface area contributed by atoms with E-state index >= 15 is 0 Å². The number of aromatic nitrogens is 5. The number of hydrogen-bond donors (Lipinski definition) is 1. The Kier molecular flexibility index (Phi) is 11.7. The molecule has 0 unspecified atom stereocenters. The molecule has 1 N–H and O–H groups in total. The van der Waals surface area contributed by atoms with Crippen molar-refractivity contribution in [2.24, 2.45) is 0 Å². The number of nitrogens with zero attached hydrogens (tertiary/aromatic N) is 7. The second kappa shape index (κ2) is 15.5. The van der Waals surface area contributed by atoms with E-state index in [1.807, 2.05) is 6.92 Å². The van der Waals surface area contributed by atoms with Gasteiger partial charge in [0.05, 0.1) is 41.7 Å². The van der Waals surface area contributed by atoms with Gasteiger partial charge in [-0.15, -0.1) is 0 Å². The number of halogens is 1. The summed E-state index contributed by atoms with van der Waals surface area (Å²) in [7, 11) is -2.13. The molecule has 0 saturated heterocycles. The Balaban J connectivity index is 1.62. The van der Waals surface area contributed by atoms with Crippen molar-refractivity contribution in [1.29, 1.82) is 10.5 Å². The van der Waals surface area contributed by atoms with Gasteiger partial charge in [-0.1, -0.05) is 59.2 Å².